The number of aryl methyl sites for hydroxylation is 1. The predicted octanol–water partition coefficient (Wildman–Crippen LogP) is -1.62. The van der Waals surface area contributed by atoms with Crippen molar-refractivity contribution in [1.29, 1.82) is 0 Å². The van der Waals surface area contributed by atoms with Crippen molar-refractivity contribution in [2.24, 2.45) is 0 Å². The molecule has 0 aliphatic rings. The molecule has 9 heavy (non-hydrogen) atoms. The van der Waals surface area contributed by atoms with Crippen LogP contribution in [0.15, 0.2) is 18.2 Å². The van der Waals surface area contributed by atoms with Crippen molar-refractivity contribution in [2.75, 3.05) is 5.73 Å². The zero-order chi connectivity index (χ0) is 5.98. The van der Waals surface area contributed by atoms with Crippen LogP contribution in [0.4, 0.5) is 5.69 Å². The maximum absolute atomic E-state index is 5.44. The molecular formula is C7H8NRb. The van der Waals surface area contributed by atoms with Gasteiger partial charge >= 0.3 is 58.2 Å². The zero-order valence-corrected chi connectivity index (χ0v) is 10.7. The second-order valence-electron chi connectivity index (χ2n) is 1.81. The van der Waals surface area contributed by atoms with Gasteiger partial charge in [0, 0.05) is 0 Å². The first-order chi connectivity index (χ1) is 3.79. The van der Waals surface area contributed by atoms with E-state index in [0.29, 0.717) is 0 Å². The number of benzene rings is 1. The van der Waals surface area contributed by atoms with Gasteiger partial charge in [0.2, 0.25) is 0 Å². The fourth-order valence-corrected chi connectivity index (χ4v) is 0.609. The quantitative estimate of drug-likeness (QED) is 0.387. The minimum atomic E-state index is 0. The van der Waals surface area contributed by atoms with Gasteiger partial charge in [-0.3, -0.25) is 0 Å². The fraction of sp³-hybridized carbons (Fsp3) is 0.143. The van der Waals surface area contributed by atoms with E-state index in [1.165, 1.54) is 0 Å². The van der Waals surface area contributed by atoms with Crippen molar-refractivity contribution >= 4 is 5.69 Å². The molecule has 0 aliphatic heterocycles. The Morgan fingerprint density at radius 2 is 2.22 bits per heavy atom. The molecule has 1 aromatic carbocycles. The molecule has 0 radical (unpaired) electrons. The molecule has 1 nitrogen and oxygen atoms in total. The van der Waals surface area contributed by atoms with Crippen LogP contribution in [0, 0.1) is 13.0 Å². The summed E-state index contributed by atoms with van der Waals surface area (Å²) in [5.74, 6) is 0. The molecule has 0 aromatic heterocycles. The van der Waals surface area contributed by atoms with Crippen LogP contribution in [0.3, 0.4) is 0 Å². The van der Waals surface area contributed by atoms with Crippen LogP contribution in [0.1, 0.15) is 5.56 Å². The largest absolute Gasteiger partial charge is 1.00 e. The Bertz CT molecular complexity index is 169. The first-order valence-corrected chi connectivity index (χ1v) is 2.53. The standard InChI is InChI=1S/C7H8N.Rb/c1-6-3-2-4-7(8)5-6;/h2,4-5H,8H2,1H3;/q-1;+1. The van der Waals surface area contributed by atoms with Crippen LogP contribution < -0.4 is 63.9 Å². The molecule has 0 unspecified atom stereocenters. The average molecular weight is 192 g/mol. The molecule has 2 heteroatoms. The normalized spacial score (nSPS) is 8.11. The fourth-order valence-electron chi connectivity index (χ4n) is 0.609. The minimum Gasteiger partial charge on any atom is -0.419 e. The van der Waals surface area contributed by atoms with Gasteiger partial charge in [0.15, 0.2) is 0 Å². The molecule has 0 atom stereocenters. The van der Waals surface area contributed by atoms with Crippen molar-refractivity contribution in [3.05, 3.63) is 29.8 Å². The molecule has 1 rings (SSSR count). The van der Waals surface area contributed by atoms with Gasteiger partial charge in [-0.2, -0.15) is 17.7 Å². The molecule has 0 amide bonds. The number of anilines is 1. The van der Waals surface area contributed by atoms with E-state index in [2.05, 4.69) is 6.07 Å². The summed E-state index contributed by atoms with van der Waals surface area (Å²) in [5, 5.41) is 0. The van der Waals surface area contributed by atoms with E-state index in [9.17, 15) is 0 Å². The number of hydrogen-bond acceptors (Lipinski definition) is 1. The topological polar surface area (TPSA) is 26.0 Å². The second kappa shape index (κ2) is 4.61. The molecule has 0 spiro atoms. The Balaban J connectivity index is 0.000000640. The summed E-state index contributed by atoms with van der Waals surface area (Å²) in [7, 11) is 0. The molecule has 0 fully saturated rings. The monoisotopic (exact) mass is 191 g/mol. The summed E-state index contributed by atoms with van der Waals surface area (Å²) >= 11 is 0. The molecule has 1 aromatic rings. The Morgan fingerprint density at radius 3 is 2.56 bits per heavy atom. The van der Waals surface area contributed by atoms with Gasteiger partial charge in [-0.25, -0.2) is 0 Å². The molecule has 2 N–H and O–H groups in total. The first kappa shape index (κ1) is 9.83. The predicted molar refractivity (Wildman–Crippen MR) is 34.4 cm³/mol. The number of rotatable bonds is 0. The van der Waals surface area contributed by atoms with E-state index >= 15 is 0 Å². The Morgan fingerprint density at radius 1 is 1.56 bits per heavy atom. The first-order valence-electron chi connectivity index (χ1n) is 2.53. The van der Waals surface area contributed by atoms with Gasteiger partial charge in [0.1, 0.15) is 0 Å². The van der Waals surface area contributed by atoms with Gasteiger partial charge in [-0.1, -0.05) is 12.6 Å². The molecule has 0 bridgehead atoms. The van der Waals surface area contributed by atoms with Crippen LogP contribution in [0.25, 0.3) is 0 Å². The maximum atomic E-state index is 5.44. The minimum absolute atomic E-state index is 0. The van der Waals surface area contributed by atoms with Gasteiger partial charge in [-0.05, 0) is 0 Å². The van der Waals surface area contributed by atoms with Crippen LogP contribution in [0.5, 0.6) is 0 Å². The van der Waals surface area contributed by atoms with Crippen LogP contribution in [-0.2, 0) is 0 Å². The summed E-state index contributed by atoms with van der Waals surface area (Å²) in [6.45, 7) is 1.97. The van der Waals surface area contributed by atoms with E-state index in [0.717, 1.165) is 11.3 Å². The molecule has 0 aliphatic carbocycles. The van der Waals surface area contributed by atoms with Gasteiger partial charge in [0.05, 0.1) is 0 Å². The second-order valence-corrected chi connectivity index (χ2v) is 1.81. The number of nitrogens with two attached hydrogens (primary N) is 1. The summed E-state index contributed by atoms with van der Waals surface area (Å²) in [5.41, 5.74) is 7.33. The van der Waals surface area contributed by atoms with E-state index in [1.54, 1.807) is 0 Å². The van der Waals surface area contributed by atoms with Gasteiger partial charge in [-0.15, -0.1) is 12.1 Å². The number of nitrogen functional groups attached to an aromatic ring is 1. The molecule has 0 heterocycles. The molecular weight excluding hydrogens is 184 g/mol. The smallest absolute Gasteiger partial charge is 0.419 e. The van der Waals surface area contributed by atoms with Crippen LogP contribution in [-0.4, -0.2) is 0 Å². The van der Waals surface area contributed by atoms with Crippen molar-refractivity contribution in [3.8, 4) is 0 Å². The van der Waals surface area contributed by atoms with Crippen molar-refractivity contribution in [2.45, 2.75) is 6.92 Å². The molecule has 42 valence electrons. The van der Waals surface area contributed by atoms with Gasteiger partial charge in [0.25, 0.3) is 0 Å². The third-order valence-electron chi connectivity index (χ3n) is 0.970. The van der Waals surface area contributed by atoms with E-state index in [1.807, 2.05) is 25.1 Å². The Labute approximate surface area is 104 Å². The molecule has 0 saturated heterocycles. The summed E-state index contributed by atoms with van der Waals surface area (Å²) in [6.07, 6.45) is 0. The van der Waals surface area contributed by atoms with Crippen LogP contribution >= 0.6 is 0 Å². The van der Waals surface area contributed by atoms with Crippen molar-refractivity contribution < 1.29 is 58.2 Å². The summed E-state index contributed by atoms with van der Waals surface area (Å²) < 4.78 is 0. The van der Waals surface area contributed by atoms with Crippen molar-refractivity contribution in [3.63, 3.8) is 0 Å². The zero-order valence-electron chi connectivity index (χ0n) is 5.81. The Hall–Kier alpha value is 0.825. The maximum Gasteiger partial charge on any atom is 1.00 e. The summed E-state index contributed by atoms with van der Waals surface area (Å²) in [4.78, 5) is 0. The van der Waals surface area contributed by atoms with Crippen molar-refractivity contribution in [1.82, 2.24) is 0 Å². The van der Waals surface area contributed by atoms with Crippen LogP contribution in [0.2, 0.25) is 0 Å². The SMILES string of the molecule is Cc1[c-]ccc(N)c1.[Rb+]. The third kappa shape index (κ3) is 3.51. The third-order valence-corrected chi connectivity index (χ3v) is 0.970. The average Bonchev–Trinajstić information content (AvgIpc) is 1.64. The van der Waals surface area contributed by atoms with E-state index < -0.39 is 0 Å². The molecule has 0 saturated carbocycles. The summed E-state index contributed by atoms with van der Waals surface area (Å²) in [6, 6.07) is 8.53. The Kier molecular flexibility index (Phi) is 5.03. The van der Waals surface area contributed by atoms with E-state index in [-0.39, 0.29) is 58.2 Å². The number of hydrogen-bond donors (Lipinski definition) is 1. The van der Waals surface area contributed by atoms with Gasteiger partial charge < -0.3 is 5.73 Å². The van der Waals surface area contributed by atoms with E-state index in [4.69, 9.17) is 5.73 Å².